The van der Waals surface area contributed by atoms with Crippen LogP contribution in [0.15, 0.2) is 61.2 Å². The molecule has 0 unspecified atom stereocenters. The van der Waals surface area contributed by atoms with E-state index in [4.69, 9.17) is 0 Å². The average Bonchev–Trinajstić information content (AvgIpc) is 3.25. The molecule has 7 heteroatoms. The van der Waals surface area contributed by atoms with Gasteiger partial charge in [0.25, 0.3) is 0 Å². The van der Waals surface area contributed by atoms with E-state index < -0.39 is 0 Å². The lowest BCUT2D eigenvalue weighted by Gasteiger charge is -2.13. The summed E-state index contributed by atoms with van der Waals surface area (Å²) in [5, 5.41) is 17.0. The molecule has 2 aromatic heterocycles. The van der Waals surface area contributed by atoms with Crippen molar-refractivity contribution in [2.24, 2.45) is 0 Å². The number of amides is 1. The molecule has 4 N–H and O–H groups in total. The number of benzene rings is 2. The molecular formula is C23H23N5O2. The predicted octanol–water partition coefficient (Wildman–Crippen LogP) is 3.62. The van der Waals surface area contributed by atoms with Gasteiger partial charge in [0.1, 0.15) is 5.75 Å². The molecule has 30 heavy (non-hydrogen) atoms. The van der Waals surface area contributed by atoms with Crippen molar-refractivity contribution in [3.05, 3.63) is 78.0 Å². The highest BCUT2D eigenvalue weighted by atomic mass is 16.3. The smallest absolute Gasteiger partial charge is 0.224 e. The fourth-order valence-electron chi connectivity index (χ4n) is 3.31. The van der Waals surface area contributed by atoms with Crippen LogP contribution in [0.3, 0.4) is 0 Å². The van der Waals surface area contributed by atoms with Crippen LogP contribution in [0.5, 0.6) is 5.75 Å². The van der Waals surface area contributed by atoms with Crippen LogP contribution in [0.1, 0.15) is 16.8 Å². The molecule has 0 saturated heterocycles. The number of carbonyl (C=O) groups is 1. The number of aryl methyl sites for hydroxylation is 1. The summed E-state index contributed by atoms with van der Waals surface area (Å²) in [5.41, 5.74) is 5.45. The molecule has 0 aliphatic rings. The number of fused-ring (bicyclic) bond motifs is 1. The fourth-order valence-corrected chi connectivity index (χ4v) is 3.31. The van der Waals surface area contributed by atoms with E-state index in [9.17, 15) is 9.90 Å². The first kappa shape index (κ1) is 19.4. The van der Waals surface area contributed by atoms with E-state index >= 15 is 0 Å². The van der Waals surface area contributed by atoms with Gasteiger partial charge in [-0.2, -0.15) is 0 Å². The van der Waals surface area contributed by atoms with Crippen LogP contribution in [-0.2, 0) is 17.6 Å². The van der Waals surface area contributed by atoms with Crippen LogP contribution in [0.2, 0.25) is 0 Å². The molecule has 0 spiro atoms. The Hall–Kier alpha value is -3.87. The number of phenolic OH excluding ortho intramolecular Hbond substituents is 1. The number of nitrogens with zero attached hydrogens (tertiary/aromatic N) is 2. The monoisotopic (exact) mass is 401 g/mol. The summed E-state index contributed by atoms with van der Waals surface area (Å²) in [6.07, 6.45) is 6.13. The van der Waals surface area contributed by atoms with Crippen molar-refractivity contribution in [3.63, 3.8) is 0 Å². The van der Waals surface area contributed by atoms with Crippen molar-refractivity contribution < 1.29 is 9.90 Å². The number of imidazole rings is 1. The number of pyridine rings is 1. The molecular weight excluding hydrogens is 378 g/mol. The van der Waals surface area contributed by atoms with Gasteiger partial charge in [-0.1, -0.05) is 12.1 Å². The van der Waals surface area contributed by atoms with Gasteiger partial charge in [0.05, 0.1) is 18.3 Å². The highest BCUT2D eigenvalue weighted by Crippen LogP contribution is 2.29. The van der Waals surface area contributed by atoms with E-state index in [1.165, 1.54) is 0 Å². The Morgan fingerprint density at radius 1 is 1.13 bits per heavy atom. The third-order valence-electron chi connectivity index (χ3n) is 4.93. The van der Waals surface area contributed by atoms with Gasteiger partial charge in [-0.15, -0.1) is 0 Å². The number of hydrogen-bond acceptors (Lipinski definition) is 5. The number of hydrogen-bond donors (Lipinski definition) is 4. The summed E-state index contributed by atoms with van der Waals surface area (Å²) in [6.45, 7) is 2.53. The lowest BCUT2D eigenvalue weighted by molar-refractivity contribution is -0.120. The van der Waals surface area contributed by atoms with Crippen LogP contribution in [0.4, 0.5) is 11.4 Å². The first-order valence-electron chi connectivity index (χ1n) is 9.77. The summed E-state index contributed by atoms with van der Waals surface area (Å²) in [4.78, 5) is 23.8. The Morgan fingerprint density at radius 2 is 2.03 bits per heavy atom. The molecule has 152 valence electrons. The van der Waals surface area contributed by atoms with Crippen LogP contribution in [0, 0.1) is 6.92 Å². The van der Waals surface area contributed by atoms with Gasteiger partial charge >= 0.3 is 0 Å². The normalized spacial score (nSPS) is 10.8. The minimum absolute atomic E-state index is 0.0314. The fraction of sp³-hybridized carbons (Fsp3) is 0.174. The lowest BCUT2D eigenvalue weighted by atomic mass is 10.1. The standard InChI is InChI=1S/C23H23N5O2/c1-15-2-4-18(29)12-22(15)28-21-7-9-25-20-5-3-16(10-19(20)21)11-23(30)26-8-6-17-13-24-14-27-17/h2-5,7,9-10,12-14,29H,6,8,11H2,1H3,(H,24,27)(H,25,28)(H,26,30). The maximum Gasteiger partial charge on any atom is 0.224 e. The van der Waals surface area contributed by atoms with Gasteiger partial charge < -0.3 is 20.7 Å². The summed E-state index contributed by atoms with van der Waals surface area (Å²) < 4.78 is 0. The van der Waals surface area contributed by atoms with E-state index in [1.807, 2.05) is 37.3 Å². The van der Waals surface area contributed by atoms with E-state index in [0.717, 1.165) is 39.1 Å². The maximum absolute atomic E-state index is 12.3. The zero-order chi connectivity index (χ0) is 20.9. The van der Waals surface area contributed by atoms with Gasteiger partial charge in [0.2, 0.25) is 5.91 Å². The number of aromatic nitrogens is 3. The van der Waals surface area contributed by atoms with Crippen LogP contribution in [-0.4, -0.2) is 32.5 Å². The van der Waals surface area contributed by atoms with Gasteiger partial charge in [-0.25, -0.2) is 4.98 Å². The number of aromatic hydroxyl groups is 1. The second kappa shape index (κ2) is 8.65. The minimum atomic E-state index is -0.0314. The average molecular weight is 401 g/mol. The second-order valence-electron chi connectivity index (χ2n) is 7.19. The number of rotatable bonds is 7. The molecule has 2 heterocycles. The Morgan fingerprint density at radius 3 is 2.87 bits per heavy atom. The zero-order valence-electron chi connectivity index (χ0n) is 16.6. The molecule has 0 atom stereocenters. The number of phenols is 1. The number of H-pyrrole nitrogens is 1. The Bertz CT molecular complexity index is 1170. The lowest BCUT2D eigenvalue weighted by Crippen LogP contribution is -2.27. The van der Waals surface area contributed by atoms with Crippen LogP contribution < -0.4 is 10.6 Å². The first-order valence-corrected chi connectivity index (χ1v) is 9.77. The van der Waals surface area contributed by atoms with Crippen molar-refractivity contribution in [2.45, 2.75) is 19.8 Å². The molecule has 0 aliphatic carbocycles. The van der Waals surface area contributed by atoms with Crippen molar-refractivity contribution >= 4 is 28.2 Å². The van der Waals surface area contributed by atoms with Crippen molar-refractivity contribution in [1.82, 2.24) is 20.3 Å². The molecule has 4 rings (SSSR count). The summed E-state index contributed by atoms with van der Waals surface area (Å²) in [6, 6.07) is 12.9. The van der Waals surface area contributed by atoms with E-state index in [2.05, 4.69) is 25.6 Å². The molecule has 0 saturated carbocycles. The highest BCUT2D eigenvalue weighted by molar-refractivity contribution is 5.94. The summed E-state index contributed by atoms with van der Waals surface area (Å²) in [7, 11) is 0. The minimum Gasteiger partial charge on any atom is -0.508 e. The van der Waals surface area contributed by atoms with E-state index in [1.54, 1.807) is 30.9 Å². The predicted molar refractivity (Wildman–Crippen MR) is 117 cm³/mol. The number of nitrogens with one attached hydrogen (secondary N) is 3. The van der Waals surface area contributed by atoms with Crippen molar-refractivity contribution in [2.75, 3.05) is 11.9 Å². The molecule has 0 bridgehead atoms. The number of aromatic amines is 1. The molecule has 0 fully saturated rings. The number of carbonyl (C=O) groups excluding carboxylic acids is 1. The Balaban J connectivity index is 1.49. The van der Waals surface area contributed by atoms with E-state index in [0.29, 0.717) is 19.4 Å². The molecule has 1 amide bonds. The SMILES string of the molecule is Cc1ccc(O)cc1Nc1ccnc2ccc(CC(=O)NCCc3cnc[nH]3)cc12. The third kappa shape index (κ3) is 4.57. The quantitative estimate of drug-likeness (QED) is 0.379. The van der Waals surface area contributed by atoms with Crippen LogP contribution >= 0.6 is 0 Å². The van der Waals surface area contributed by atoms with Crippen LogP contribution in [0.25, 0.3) is 10.9 Å². The molecule has 4 aromatic rings. The van der Waals surface area contributed by atoms with Gasteiger partial charge in [-0.3, -0.25) is 9.78 Å². The first-order chi connectivity index (χ1) is 14.6. The zero-order valence-corrected chi connectivity index (χ0v) is 16.6. The van der Waals surface area contributed by atoms with Crippen molar-refractivity contribution in [1.29, 1.82) is 0 Å². The van der Waals surface area contributed by atoms with Gasteiger partial charge in [0, 0.05) is 53.9 Å². The third-order valence-corrected chi connectivity index (χ3v) is 4.93. The van der Waals surface area contributed by atoms with Crippen molar-refractivity contribution in [3.8, 4) is 5.75 Å². The molecule has 0 radical (unpaired) electrons. The maximum atomic E-state index is 12.3. The summed E-state index contributed by atoms with van der Waals surface area (Å²) in [5.74, 6) is 0.171. The summed E-state index contributed by atoms with van der Waals surface area (Å²) >= 11 is 0. The molecule has 0 aliphatic heterocycles. The Labute approximate surface area is 174 Å². The topological polar surface area (TPSA) is 103 Å². The Kier molecular flexibility index (Phi) is 5.61. The molecule has 7 nitrogen and oxygen atoms in total. The highest BCUT2D eigenvalue weighted by Gasteiger charge is 2.09. The largest absolute Gasteiger partial charge is 0.508 e. The van der Waals surface area contributed by atoms with E-state index in [-0.39, 0.29) is 11.7 Å². The molecule has 2 aromatic carbocycles. The van der Waals surface area contributed by atoms with Gasteiger partial charge in [0.15, 0.2) is 0 Å². The van der Waals surface area contributed by atoms with Gasteiger partial charge in [-0.05, 0) is 42.3 Å². The second-order valence-corrected chi connectivity index (χ2v) is 7.19. The number of anilines is 2.